The fraction of sp³-hybridized carbons (Fsp3) is 0.417. The second-order valence-corrected chi connectivity index (χ2v) is 5.20. The molecule has 88 valence electrons. The maximum absolute atomic E-state index is 10.8. The lowest BCUT2D eigenvalue weighted by atomic mass is 10.1. The summed E-state index contributed by atoms with van der Waals surface area (Å²) in [5, 5.41) is 17.8. The number of hydrogen-bond acceptors (Lipinski definition) is 3. The van der Waals surface area contributed by atoms with Gasteiger partial charge in [0.1, 0.15) is 0 Å². The molecule has 16 heavy (non-hydrogen) atoms. The van der Waals surface area contributed by atoms with Crippen LogP contribution in [0.15, 0.2) is 29.2 Å². The molecule has 0 spiro atoms. The fourth-order valence-electron chi connectivity index (χ4n) is 1.19. The molecule has 0 aliphatic heterocycles. The average Bonchev–Trinajstić information content (AvgIpc) is 2.28. The molecular weight excluding hydrogens is 224 g/mol. The minimum atomic E-state index is -0.771. The summed E-state index contributed by atoms with van der Waals surface area (Å²) in [6.07, 6.45) is 0. The Kier molecular flexibility index (Phi) is 4.83. The zero-order chi connectivity index (χ0) is 12.1. The third-order valence-electron chi connectivity index (χ3n) is 2.52. The Morgan fingerprint density at radius 3 is 2.31 bits per heavy atom. The van der Waals surface area contributed by atoms with Crippen LogP contribution in [0.5, 0.6) is 0 Å². The zero-order valence-corrected chi connectivity index (χ0v) is 10.2. The van der Waals surface area contributed by atoms with E-state index in [-0.39, 0.29) is 17.8 Å². The van der Waals surface area contributed by atoms with Gasteiger partial charge in [0, 0.05) is 10.1 Å². The van der Waals surface area contributed by atoms with Gasteiger partial charge in [0.25, 0.3) is 0 Å². The van der Waals surface area contributed by atoms with Crippen LogP contribution < -0.4 is 0 Å². The highest BCUT2D eigenvalue weighted by molar-refractivity contribution is 8.00. The van der Waals surface area contributed by atoms with Crippen molar-refractivity contribution in [3.63, 3.8) is 0 Å². The SMILES string of the molecule is CC(Sc1ccc(CO)cc1)C(C)C(=O)O. The molecule has 0 aliphatic carbocycles. The monoisotopic (exact) mass is 240 g/mol. The minimum absolute atomic E-state index is 0.0254. The third-order valence-corrected chi connectivity index (χ3v) is 3.85. The van der Waals surface area contributed by atoms with Gasteiger partial charge in [-0.1, -0.05) is 26.0 Å². The van der Waals surface area contributed by atoms with Crippen molar-refractivity contribution in [1.29, 1.82) is 0 Å². The van der Waals surface area contributed by atoms with E-state index >= 15 is 0 Å². The summed E-state index contributed by atoms with van der Waals surface area (Å²) in [6.45, 7) is 3.65. The van der Waals surface area contributed by atoms with E-state index in [1.54, 1.807) is 6.92 Å². The van der Waals surface area contributed by atoms with Crippen LogP contribution in [0.1, 0.15) is 19.4 Å². The minimum Gasteiger partial charge on any atom is -0.481 e. The summed E-state index contributed by atoms with van der Waals surface area (Å²) in [4.78, 5) is 11.8. The van der Waals surface area contributed by atoms with Crippen LogP contribution >= 0.6 is 11.8 Å². The van der Waals surface area contributed by atoms with Gasteiger partial charge < -0.3 is 10.2 Å². The Bertz CT molecular complexity index is 348. The average molecular weight is 240 g/mol. The van der Waals surface area contributed by atoms with Crippen molar-refractivity contribution in [2.75, 3.05) is 0 Å². The molecule has 0 radical (unpaired) electrons. The van der Waals surface area contributed by atoms with Gasteiger partial charge in [0.15, 0.2) is 0 Å². The molecule has 4 heteroatoms. The van der Waals surface area contributed by atoms with Crippen LogP contribution in [-0.2, 0) is 11.4 Å². The van der Waals surface area contributed by atoms with Crippen molar-refractivity contribution in [2.45, 2.75) is 30.6 Å². The van der Waals surface area contributed by atoms with Crippen LogP contribution in [0.25, 0.3) is 0 Å². The van der Waals surface area contributed by atoms with Crippen molar-refractivity contribution >= 4 is 17.7 Å². The number of hydrogen-bond donors (Lipinski definition) is 2. The maximum atomic E-state index is 10.8. The van der Waals surface area contributed by atoms with Gasteiger partial charge in [-0.05, 0) is 17.7 Å². The van der Waals surface area contributed by atoms with E-state index in [0.717, 1.165) is 10.5 Å². The Hall–Kier alpha value is -1.00. The van der Waals surface area contributed by atoms with Gasteiger partial charge >= 0.3 is 5.97 Å². The first-order chi connectivity index (χ1) is 7.54. The standard InChI is InChI=1S/C12H16O3S/c1-8(12(14)15)9(2)16-11-5-3-10(7-13)4-6-11/h3-6,8-9,13H,7H2,1-2H3,(H,14,15). The highest BCUT2D eigenvalue weighted by atomic mass is 32.2. The van der Waals surface area contributed by atoms with E-state index < -0.39 is 5.97 Å². The summed E-state index contributed by atoms with van der Waals surface area (Å²) in [7, 11) is 0. The fourth-order valence-corrected chi connectivity index (χ4v) is 2.23. The van der Waals surface area contributed by atoms with E-state index in [4.69, 9.17) is 10.2 Å². The van der Waals surface area contributed by atoms with Gasteiger partial charge in [0.05, 0.1) is 12.5 Å². The van der Waals surface area contributed by atoms with E-state index in [1.165, 1.54) is 11.8 Å². The number of carboxylic acid groups (broad SMARTS) is 1. The molecule has 0 amide bonds. The number of aliphatic carboxylic acids is 1. The predicted molar refractivity (Wildman–Crippen MR) is 64.5 cm³/mol. The summed E-state index contributed by atoms with van der Waals surface area (Å²) in [6, 6.07) is 7.50. The molecule has 0 aliphatic rings. The largest absolute Gasteiger partial charge is 0.481 e. The van der Waals surface area contributed by atoms with Crippen molar-refractivity contribution in [1.82, 2.24) is 0 Å². The van der Waals surface area contributed by atoms with Crippen LogP contribution in [0, 0.1) is 5.92 Å². The highest BCUT2D eigenvalue weighted by Gasteiger charge is 2.19. The summed E-state index contributed by atoms with van der Waals surface area (Å²) in [5.41, 5.74) is 0.864. The van der Waals surface area contributed by atoms with Gasteiger partial charge in [0.2, 0.25) is 0 Å². The normalized spacial score (nSPS) is 14.4. The predicted octanol–water partition coefficient (Wildman–Crippen LogP) is 2.38. The molecule has 0 fully saturated rings. The maximum Gasteiger partial charge on any atom is 0.307 e. The lowest BCUT2D eigenvalue weighted by Gasteiger charge is -2.15. The van der Waals surface area contributed by atoms with Crippen molar-refractivity contribution in [2.24, 2.45) is 5.92 Å². The molecule has 2 atom stereocenters. The molecule has 1 aromatic rings. The van der Waals surface area contributed by atoms with E-state index in [2.05, 4.69) is 0 Å². The first-order valence-corrected chi connectivity index (χ1v) is 6.02. The Labute approximate surface area is 99.5 Å². The van der Waals surface area contributed by atoms with Crippen molar-refractivity contribution in [3.05, 3.63) is 29.8 Å². The van der Waals surface area contributed by atoms with Gasteiger partial charge in [-0.3, -0.25) is 4.79 Å². The van der Waals surface area contributed by atoms with Crippen LogP contribution in [0.2, 0.25) is 0 Å². The summed E-state index contributed by atoms with van der Waals surface area (Å²) < 4.78 is 0. The van der Waals surface area contributed by atoms with Crippen molar-refractivity contribution in [3.8, 4) is 0 Å². The molecule has 1 rings (SSSR count). The molecule has 0 heterocycles. The van der Waals surface area contributed by atoms with E-state index in [1.807, 2.05) is 31.2 Å². The van der Waals surface area contributed by atoms with E-state index in [9.17, 15) is 4.79 Å². The lowest BCUT2D eigenvalue weighted by Crippen LogP contribution is -2.19. The molecule has 0 saturated heterocycles. The lowest BCUT2D eigenvalue weighted by molar-refractivity contribution is -0.140. The Morgan fingerprint density at radius 1 is 1.31 bits per heavy atom. The number of aliphatic hydroxyl groups excluding tert-OH is 1. The second kappa shape index (κ2) is 5.92. The van der Waals surface area contributed by atoms with Gasteiger partial charge in [-0.15, -0.1) is 11.8 Å². The molecule has 0 aromatic heterocycles. The zero-order valence-electron chi connectivity index (χ0n) is 9.38. The van der Waals surface area contributed by atoms with Gasteiger partial charge in [-0.25, -0.2) is 0 Å². The molecule has 1 aromatic carbocycles. The molecule has 0 saturated carbocycles. The smallest absolute Gasteiger partial charge is 0.307 e. The quantitative estimate of drug-likeness (QED) is 0.776. The molecule has 0 bridgehead atoms. The van der Waals surface area contributed by atoms with E-state index in [0.29, 0.717) is 0 Å². The topological polar surface area (TPSA) is 57.5 Å². The Morgan fingerprint density at radius 2 is 1.88 bits per heavy atom. The molecule has 2 unspecified atom stereocenters. The van der Waals surface area contributed by atoms with Crippen LogP contribution in [0.3, 0.4) is 0 Å². The number of aliphatic hydroxyl groups is 1. The molecule has 3 nitrogen and oxygen atoms in total. The summed E-state index contributed by atoms with van der Waals surface area (Å²) >= 11 is 1.54. The number of thioether (sulfide) groups is 1. The van der Waals surface area contributed by atoms with Crippen molar-refractivity contribution < 1.29 is 15.0 Å². The molecular formula is C12H16O3S. The number of carboxylic acids is 1. The molecule has 2 N–H and O–H groups in total. The first-order valence-electron chi connectivity index (χ1n) is 5.14. The third kappa shape index (κ3) is 3.54. The number of carbonyl (C=O) groups is 1. The van der Waals surface area contributed by atoms with Crippen LogP contribution in [-0.4, -0.2) is 21.4 Å². The summed E-state index contributed by atoms with van der Waals surface area (Å²) in [5.74, 6) is -1.14. The first kappa shape index (κ1) is 13.1. The number of rotatable bonds is 5. The Balaban J connectivity index is 2.62. The second-order valence-electron chi connectivity index (χ2n) is 3.75. The number of benzene rings is 1. The van der Waals surface area contributed by atoms with Gasteiger partial charge in [-0.2, -0.15) is 0 Å². The highest BCUT2D eigenvalue weighted by Crippen LogP contribution is 2.28. The van der Waals surface area contributed by atoms with Crippen LogP contribution in [0.4, 0.5) is 0 Å².